The second kappa shape index (κ2) is 54.0. The SMILES string of the molecule is CC/C=C\C/C=C\C/C=C\C/C=C\C/C=C\C/C=C\C/C=C\C/C=C\CCCCCCCCCCCCCCC(=O)NC(COC1OC(CO)C(O)C(O)C1O)C(O)/C=C/CC/C=C/CCCCCCCCCCC. The summed E-state index contributed by atoms with van der Waals surface area (Å²) in [5.74, 6) is -0.194. The Bertz CT molecular complexity index is 1590. The van der Waals surface area contributed by atoms with Crippen LogP contribution < -0.4 is 5.32 Å². The van der Waals surface area contributed by atoms with Crippen molar-refractivity contribution in [2.75, 3.05) is 13.2 Å². The predicted octanol–water partition coefficient (Wildman–Crippen LogP) is 15.5. The summed E-state index contributed by atoms with van der Waals surface area (Å²) in [5, 5.41) is 54.4. The molecule has 1 aliphatic heterocycles. The van der Waals surface area contributed by atoms with Crippen molar-refractivity contribution >= 4 is 5.91 Å². The predicted molar refractivity (Wildman–Crippen MR) is 317 cm³/mol. The van der Waals surface area contributed by atoms with Crippen molar-refractivity contribution in [1.82, 2.24) is 5.32 Å². The first-order chi connectivity index (χ1) is 36.8. The molecule has 1 amide bonds. The van der Waals surface area contributed by atoms with E-state index in [-0.39, 0.29) is 12.5 Å². The van der Waals surface area contributed by atoms with Gasteiger partial charge in [0, 0.05) is 6.42 Å². The maximum absolute atomic E-state index is 13.1. The lowest BCUT2D eigenvalue weighted by Gasteiger charge is -2.40. The van der Waals surface area contributed by atoms with Crippen LogP contribution in [0, 0.1) is 0 Å². The molecule has 0 aliphatic carbocycles. The molecule has 0 aromatic rings. The lowest BCUT2D eigenvalue weighted by molar-refractivity contribution is -0.302. The van der Waals surface area contributed by atoms with E-state index in [0.717, 1.165) is 89.9 Å². The molecule has 0 spiro atoms. The number of rotatable bonds is 50. The third kappa shape index (κ3) is 43.3. The monoisotopic (exact) mass is 1050 g/mol. The van der Waals surface area contributed by atoms with Crippen LogP contribution in [0.15, 0.2) is 122 Å². The van der Waals surface area contributed by atoms with Crippen LogP contribution in [-0.2, 0) is 14.3 Å². The second-order valence-electron chi connectivity index (χ2n) is 20.4. The highest BCUT2D eigenvalue weighted by molar-refractivity contribution is 5.76. The number of hydrogen-bond acceptors (Lipinski definition) is 8. The van der Waals surface area contributed by atoms with E-state index in [4.69, 9.17) is 9.47 Å². The summed E-state index contributed by atoms with van der Waals surface area (Å²) in [6.07, 6.45) is 74.1. The summed E-state index contributed by atoms with van der Waals surface area (Å²) in [5.41, 5.74) is 0. The van der Waals surface area contributed by atoms with Gasteiger partial charge in [0.2, 0.25) is 5.91 Å². The van der Waals surface area contributed by atoms with Crippen LogP contribution in [0.25, 0.3) is 0 Å². The third-order valence-corrected chi connectivity index (χ3v) is 13.5. The molecule has 6 N–H and O–H groups in total. The minimum atomic E-state index is -1.58. The Morgan fingerprint density at radius 1 is 0.467 bits per heavy atom. The number of ether oxygens (including phenoxy) is 2. The van der Waals surface area contributed by atoms with E-state index in [1.165, 1.54) is 122 Å². The van der Waals surface area contributed by atoms with Crippen LogP contribution in [0.2, 0.25) is 0 Å². The number of carbonyl (C=O) groups excluding carboxylic acids is 1. The van der Waals surface area contributed by atoms with E-state index in [1.807, 2.05) is 6.08 Å². The van der Waals surface area contributed by atoms with Crippen molar-refractivity contribution in [3.8, 4) is 0 Å². The number of hydrogen-bond donors (Lipinski definition) is 6. The zero-order valence-electron chi connectivity index (χ0n) is 47.5. The topological polar surface area (TPSA) is 149 Å². The van der Waals surface area contributed by atoms with Gasteiger partial charge in [-0.25, -0.2) is 0 Å². The summed E-state index contributed by atoms with van der Waals surface area (Å²) in [6, 6.07) is -0.830. The Morgan fingerprint density at radius 2 is 0.840 bits per heavy atom. The van der Waals surface area contributed by atoms with Crippen LogP contribution in [0.3, 0.4) is 0 Å². The molecule has 0 radical (unpaired) electrons. The molecule has 1 fully saturated rings. The summed E-state index contributed by atoms with van der Waals surface area (Å²) < 4.78 is 11.2. The number of aliphatic hydroxyl groups is 5. The van der Waals surface area contributed by atoms with E-state index in [2.05, 4.69) is 129 Å². The smallest absolute Gasteiger partial charge is 0.220 e. The average molecular weight is 1050 g/mol. The molecule has 0 saturated carbocycles. The highest BCUT2D eigenvalue weighted by Gasteiger charge is 2.44. The van der Waals surface area contributed by atoms with Crippen molar-refractivity contribution in [2.45, 2.75) is 275 Å². The van der Waals surface area contributed by atoms with E-state index < -0.39 is 49.5 Å². The molecule has 1 heterocycles. The first-order valence-electron chi connectivity index (χ1n) is 30.3. The molecule has 0 aromatic carbocycles. The number of amides is 1. The van der Waals surface area contributed by atoms with E-state index in [0.29, 0.717) is 6.42 Å². The third-order valence-electron chi connectivity index (χ3n) is 13.5. The van der Waals surface area contributed by atoms with Gasteiger partial charge in [-0.3, -0.25) is 4.79 Å². The number of unbranched alkanes of at least 4 members (excludes halogenated alkanes) is 22. The molecule has 428 valence electrons. The highest BCUT2D eigenvalue weighted by atomic mass is 16.7. The summed E-state index contributed by atoms with van der Waals surface area (Å²) >= 11 is 0. The van der Waals surface area contributed by atoms with Gasteiger partial charge in [-0.15, -0.1) is 0 Å². The average Bonchev–Trinajstić information content (AvgIpc) is 3.41. The summed E-state index contributed by atoms with van der Waals surface area (Å²) in [4.78, 5) is 13.1. The van der Waals surface area contributed by atoms with E-state index >= 15 is 0 Å². The van der Waals surface area contributed by atoms with Gasteiger partial charge in [-0.1, -0.05) is 251 Å². The van der Waals surface area contributed by atoms with Crippen LogP contribution in [0.4, 0.5) is 0 Å². The fraction of sp³-hybridized carbons (Fsp3) is 0.682. The fourth-order valence-electron chi connectivity index (χ4n) is 8.78. The first kappa shape index (κ1) is 69.6. The van der Waals surface area contributed by atoms with Crippen LogP contribution in [0.1, 0.15) is 232 Å². The largest absolute Gasteiger partial charge is 0.394 e. The molecule has 7 atom stereocenters. The first-order valence-corrected chi connectivity index (χ1v) is 30.3. The Labute approximate surface area is 458 Å². The quantitative estimate of drug-likeness (QED) is 0.0261. The van der Waals surface area contributed by atoms with Gasteiger partial charge < -0.3 is 40.3 Å². The Hall–Kier alpha value is -3.41. The maximum Gasteiger partial charge on any atom is 0.220 e. The number of carbonyl (C=O) groups is 1. The zero-order valence-corrected chi connectivity index (χ0v) is 47.5. The molecular formula is C66H111NO8. The van der Waals surface area contributed by atoms with Gasteiger partial charge in [0.1, 0.15) is 24.4 Å². The number of allylic oxidation sites excluding steroid dienone is 19. The maximum atomic E-state index is 13.1. The van der Waals surface area contributed by atoms with Gasteiger partial charge in [0.05, 0.1) is 25.4 Å². The zero-order chi connectivity index (χ0) is 54.3. The summed E-state index contributed by atoms with van der Waals surface area (Å²) in [7, 11) is 0. The molecule has 1 saturated heterocycles. The standard InChI is InChI=1S/C66H111NO8/c1-3-5-7-9-11-13-15-17-19-20-21-22-23-24-25-26-27-28-29-30-31-32-33-34-35-36-37-38-39-40-42-44-46-48-50-52-54-56-62(70)67-59(58-74-66-65(73)64(72)63(71)61(57-68)75-66)60(69)55-53-51-49-47-45-43-41-18-16-14-12-10-8-6-4-2/h5,7,11,13,17,19,21-22,24-25,27-28,30-31,33-34,45,47,53,55,59-61,63-66,68-69,71-73H,3-4,6,8-10,12,14-16,18,20,23,26,29,32,35-44,46,48-52,54,56-58H2,1-2H3,(H,67,70)/b7-5-,13-11-,19-17-,22-21-,25-24-,28-27-,31-30-,34-33-,47-45+,55-53+. The lowest BCUT2D eigenvalue weighted by atomic mass is 9.99. The summed E-state index contributed by atoms with van der Waals surface area (Å²) in [6.45, 7) is 3.64. The van der Waals surface area contributed by atoms with Crippen molar-refractivity contribution in [1.29, 1.82) is 0 Å². The molecule has 0 aromatic heterocycles. The normalized spacial score (nSPS) is 19.8. The second-order valence-corrected chi connectivity index (χ2v) is 20.4. The van der Waals surface area contributed by atoms with Crippen molar-refractivity contribution in [2.24, 2.45) is 0 Å². The molecule has 75 heavy (non-hydrogen) atoms. The van der Waals surface area contributed by atoms with E-state index in [9.17, 15) is 30.3 Å². The van der Waals surface area contributed by atoms with Crippen LogP contribution in [-0.4, -0.2) is 87.5 Å². The molecule has 0 bridgehead atoms. The molecule has 1 rings (SSSR count). The molecular weight excluding hydrogens is 935 g/mol. The lowest BCUT2D eigenvalue weighted by Crippen LogP contribution is -2.60. The van der Waals surface area contributed by atoms with Gasteiger partial charge in [0.25, 0.3) is 0 Å². The Kier molecular flexibility index (Phi) is 50.1. The highest BCUT2D eigenvalue weighted by Crippen LogP contribution is 2.23. The van der Waals surface area contributed by atoms with Gasteiger partial charge in [-0.2, -0.15) is 0 Å². The van der Waals surface area contributed by atoms with Gasteiger partial charge >= 0.3 is 0 Å². The van der Waals surface area contributed by atoms with Crippen molar-refractivity contribution in [3.63, 3.8) is 0 Å². The molecule has 9 heteroatoms. The van der Waals surface area contributed by atoms with Crippen molar-refractivity contribution in [3.05, 3.63) is 122 Å². The molecule has 9 nitrogen and oxygen atoms in total. The minimum Gasteiger partial charge on any atom is -0.394 e. The molecule has 7 unspecified atom stereocenters. The van der Waals surface area contributed by atoms with Gasteiger partial charge in [0.15, 0.2) is 6.29 Å². The number of aliphatic hydroxyl groups excluding tert-OH is 5. The number of nitrogens with one attached hydrogen (secondary N) is 1. The van der Waals surface area contributed by atoms with Crippen LogP contribution in [0.5, 0.6) is 0 Å². The molecule has 1 aliphatic rings. The van der Waals surface area contributed by atoms with Gasteiger partial charge in [-0.05, 0) is 96.3 Å². The minimum absolute atomic E-state index is 0.194. The Morgan fingerprint density at radius 3 is 1.28 bits per heavy atom. The van der Waals surface area contributed by atoms with Crippen molar-refractivity contribution < 1.29 is 39.8 Å². The van der Waals surface area contributed by atoms with E-state index in [1.54, 1.807) is 6.08 Å². The Balaban J connectivity index is 2.16. The fourth-order valence-corrected chi connectivity index (χ4v) is 8.78. The van der Waals surface area contributed by atoms with Crippen LogP contribution >= 0.6 is 0 Å².